The summed E-state index contributed by atoms with van der Waals surface area (Å²) in [5.74, 6) is 0.476. The number of allylic oxidation sites excluding steroid dienone is 2. The van der Waals surface area contributed by atoms with Gasteiger partial charge in [0, 0.05) is 18.4 Å². The van der Waals surface area contributed by atoms with Crippen LogP contribution in [0, 0.1) is 12.8 Å². The summed E-state index contributed by atoms with van der Waals surface area (Å²) in [5.41, 5.74) is 7.34. The molecule has 0 unspecified atom stereocenters. The van der Waals surface area contributed by atoms with Crippen molar-refractivity contribution in [1.82, 2.24) is 0 Å². The molecule has 0 aliphatic rings. The van der Waals surface area contributed by atoms with Gasteiger partial charge < -0.3 is 4.74 Å². The topological polar surface area (TPSA) is 13.1 Å². The Bertz CT molecular complexity index is 936. The van der Waals surface area contributed by atoms with Gasteiger partial charge in [-0.25, -0.2) is 4.57 Å². The fraction of sp³-hybridized carbons (Fsp3) is 0.375. The molecule has 2 nitrogen and oxygen atoms in total. The first-order chi connectivity index (χ1) is 12.3. The van der Waals surface area contributed by atoms with Gasteiger partial charge in [0.05, 0.1) is 12.2 Å². The van der Waals surface area contributed by atoms with Gasteiger partial charge in [-0.2, -0.15) is 0 Å². The first kappa shape index (κ1) is 20.1. The first-order valence-corrected chi connectivity index (χ1v) is 9.25. The average molecular weight is 351 g/mol. The van der Waals surface area contributed by atoms with E-state index in [2.05, 4.69) is 89.4 Å². The highest BCUT2D eigenvalue weighted by molar-refractivity contribution is 5.81. The number of ether oxygens (including phenoxy) is 1. The molecule has 2 heteroatoms. The molecule has 0 bridgehead atoms. The minimum absolute atomic E-state index is 0.476. The average Bonchev–Trinajstić information content (AvgIpc) is 2.58. The van der Waals surface area contributed by atoms with Crippen LogP contribution in [-0.2, 0) is 18.4 Å². The molecule has 0 radical (unpaired) electrons. The first-order valence-electron chi connectivity index (χ1n) is 9.25. The lowest BCUT2D eigenvalue weighted by atomic mass is 9.90. The number of aromatic nitrogens is 1. The molecule has 0 N–H and O–H groups in total. The van der Waals surface area contributed by atoms with Crippen LogP contribution in [0.15, 0.2) is 30.5 Å². The van der Waals surface area contributed by atoms with Crippen molar-refractivity contribution in [1.29, 1.82) is 0 Å². The molecule has 0 amide bonds. The maximum absolute atomic E-state index is 5.53. The molecular weight excluding hydrogens is 318 g/mol. The van der Waals surface area contributed by atoms with Crippen LogP contribution in [-0.4, -0.2) is 7.11 Å². The predicted octanol–water partition coefficient (Wildman–Crippen LogP) is 3.90. The highest BCUT2D eigenvalue weighted by atomic mass is 16.5. The predicted molar refractivity (Wildman–Crippen MR) is 112 cm³/mol. The van der Waals surface area contributed by atoms with Crippen LogP contribution in [0.3, 0.4) is 0 Å². The molecule has 0 spiro atoms. The molecule has 0 fully saturated rings. The number of aryl methyl sites for hydroxylation is 2. The largest absolute Gasteiger partial charge is 0.380 e. The minimum Gasteiger partial charge on any atom is -0.380 e. The lowest BCUT2D eigenvalue weighted by Crippen LogP contribution is -2.43. The summed E-state index contributed by atoms with van der Waals surface area (Å²) in [5, 5.41) is 2.26. The van der Waals surface area contributed by atoms with E-state index in [-0.39, 0.29) is 0 Å². The summed E-state index contributed by atoms with van der Waals surface area (Å²) in [6.45, 7) is 15.8. The number of nitrogens with zero attached hydrogens (tertiary/aromatic N) is 1. The van der Waals surface area contributed by atoms with Gasteiger partial charge in [-0.1, -0.05) is 50.3 Å². The van der Waals surface area contributed by atoms with Crippen molar-refractivity contribution in [2.45, 2.75) is 41.2 Å². The van der Waals surface area contributed by atoms with E-state index in [0.29, 0.717) is 12.5 Å². The third kappa shape index (κ3) is 4.13. The zero-order valence-corrected chi connectivity index (χ0v) is 17.3. The van der Waals surface area contributed by atoms with Crippen molar-refractivity contribution in [3.05, 3.63) is 57.6 Å². The van der Waals surface area contributed by atoms with E-state index in [0.717, 1.165) is 10.9 Å². The SMILES string of the molecule is C=c1c(-c2c(COC)cc(C)cc2/C(C)=C/C)[n+](C)cc/c1=C/C(C)C. The summed E-state index contributed by atoms with van der Waals surface area (Å²) in [7, 11) is 3.84. The molecular formula is C24H32NO+. The maximum atomic E-state index is 5.53. The third-order valence-corrected chi connectivity index (χ3v) is 4.74. The molecule has 0 saturated heterocycles. The number of rotatable bonds is 5. The second-order valence-electron chi connectivity index (χ2n) is 7.37. The van der Waals surface area contributed by atoms with Gasteiger partial charge >= 0.3 is 0 Å². The van der Waals surface area contributed by atoms with Gasteiger partial charge in [0.15, 0.2) is 6.20 Å². The number of methoxy groups -OCH3 is 1. The summed E-state index contributed by atoms with van der Waals surface area (Å²) < 4.78 is 7.71. The van der Waals surface area contributed by atoms with Crippen molar-refractivity contribution in [3.8, 4) is 11.3 Å². The van der Waals surface area contributed by atoms with E-state index in [1.165, 1.54) is 33.0 Å². The zero-order valence-electron chi connectivity index (χ0n) is 17.3. The molecule has 1 aromatic heterocycles. The molecule has 2 rings (SSSR count). The van der Waals surface area contributed by atoms with Gasteiger partial charge in [0.1, 0.15) is 7.05 Å². The van der Waals surface area contributed by atoms with Crippen molar-refractivity contribution in [2.24, 2.45) is 13.0 Å². The number of benzene rings is 1. The second kappa shape index (κ2) is 8.46. The van der Waals surface area contributed by atoms with Crippen molar-refractivity contribution < 1.29 is 9.30 Å². The van der Waals surface area contributed by atoms with Crippen molar-refractivity contribution in [3.63, 3.8) is 0 Å². The molecule has 1 aromatic carbocycles. The van der Waals surface area contributed by atoms with E-state index < -0.39 is 0 Å². The molecule has 138 valence electrons. The Kier molecular flexibility index (Phi) is 6.55. The van der Waals surface area contributed by atoms with E-state index in [9.17, 15) is 0 Å². The Hall–Kier alpha value is -2.19. The number of pyridine rings is 1. The van der Waals surface area contributed by atoms with E-state index in [1.807, 2.05) is 0 Å². The Morgan fingerprint density at radius 3 is 2.58 bits per heavy atom. The Morgan fingerprint density at radius 1 is 1.31 bits per heavy atom. The summed E-state index contributed by atoms with van der Waals surface area (Å²) in [6, 6.07) is 6.64. The monoisotopic (exact) mass is 350 g/mol. The lowest BCUT2D eigenvalue weighted by molar-refractivity contribution is -0.661. The molecule has 0 aliphatic heterocycles. The highest BCUT2D eigenvalue weighted by Crippen LogP contribution is 2.30. The van der Waals surface area contributed by atoms with Gasteiger partial charge in [-0.05, 0) is 48.6 Å². The standard InChI is InChI=1S/C24H32NO/c1-9-18(5)22-14-17(4)13-21(15-26-8)23(22)24-19(6)20(12-16(2)3)10-11-25(24)7/h9-14,16H,6,15H2,1-5,7-8H3/q+1/b18-9+,20-12-. The van der Waals surface area contributed by atoms with Crippen LogP contribution in [0.5, 0.6) is 0 Å². The Labute approximate surface area is 158 Å². The van der Waals surface area contributed by atoms with Crippen molar-refractivity contribution in [2.75, 3.05) is 7.11 Å². The molecule has 0 aliphatic carbocycles. The van der Waals surface area contributed by atoms with E-state index >= 15 is 0 Å². The summed E-state index contributed by atoms with van der Waals surface area (Å²) in [6.07, 6.45) is 6.57. The number of hydrogen-bond acceptors (Lipinski definition) is 1. The minimum atomic E-state index is 0.476. The molecule has 2 aromatic rings. The molecule has 1 heterocycles. The van der Waals surface area contributed by atoms with Crippen molar-refractivity contribution >= 4 is 18.2 Å². The Morgan fingerprint density at radius 2 is 2.00 bits per heavy atom. The van der Waals surface area contributed by atoms with Gasteiger partial charge in [0.2, 0.25) is 5.69 Å². The van der Waals surface area contributed by atoms with Gasteiger partial charge in [0.25, 0.3) is 0 Å². The fourth-order valence-electron chi connectivity index (χ4n) is 3.44. The summed E-state index contributed by atoms with van der Waals surface area (Å²) >= 11 is 0. The van der Waals surface area contributed by atoms with Crippen LogP contribution in [0.25, 0.3) is 29.5 Å². The van der Waals surface area contributed by atoms with Gasteiger partial charge in [-0.3, -0.25) is 0 Å². The lowest BCUT2D eigenvalue weighted by Gasteiger charge is -2.16. The quantitative estimate of drug-likeness (QED) is 0.746. The normalized spacial score (nSPS) is 12.9. The maximum Gasteiger partial charge on any atom is 0.220 e. The molecule has 0 saturated carbocycles. The van der Waals surface area contributed by atoms with Crippen LogP contribution in [0.2, 0.25) is 0 Å². The zero-order chi connectivity index (χ0) is 19.4. The smallest absolute Gasteiger partial charge is 0.220 e. The van der Waals surface area contributed by atoms with Crippen LogP contribution in [0.1, 0.15) is 44.4 Å². The second-order valence-corrected chi connectivity index (χ2v) is 7.37. The summed E-state index contributed by atoms with van der Waals surface area (Å²) in [4.78, 5) is 0. The fourth-order valence-corrected chi connectivity index (χ4v) is 3.44. The van der Waals surface area contributed by atoms with Gasteiger partial charge in [-0.15, -0.1) is 0 Å². The third-order valence-electron chi connectivity index (χ3n) is 4.74. The van der Waals surface area contributed by atoms with Crippen LogP contribution in [0.4, 0.5) is 0 Å². The van der Waals surface area contributed by atoms with E-state index in [4.69, 9.17) is 4.74 Å². The number of hydrogen-bond donors (Lipinski definition) is 0. The van der Waals surface area contributed by atoms with Crippen LogP contribution >= 0.6 is 0 Å². The molecule has 0 atom stereocenters. The Balaban J connectivity index is 2.98. The molecule has 26 heavy (non-hydrogen) atoms. The van der Waals surface area contributed by atoms with Crippen LogP contribution < -0.4 is 15.0 Å². The van der Waals surface area contributed by atoms with E-state index in [1.54, 1.807) is 7.11 Å². The highest BCUT2D eigenvalue weighted by Gasteiger charge is 2.21.